The largest absolute Gasteiger partial charge is 0.369 e. The van der Waals surface area contributed by atoms with Crippen molar-refractivity contribution in [2.45, 2.75) is 30.7 Å². The van der Waals surface area contributed by atoms with Crippen LogP contribution in [0.1, 0.15) is 30.5 Å². The Kier molecular flexibility index (Phi) is 5.57. The SMILES string of the molecule is CCCNC(=O)N1CCc2cc(S(=O)(=O)N3C[C@H](c4ccc(F)cc4)N=C3N)ccc21. The number of sulfonamides is 1. The number of anilines is 1. The van der Waals surface area contributed by atoms with Gasteiger partial charge in [0, 0.05) is 18.8 Å². The van der Waals surface area contributed by atoms with Crippen LogP contribution in [0.5, 0.6) is 0 Å². The van der Waals surface area contributed by atoms with Crippen LogP contribution in [0.4, 0.5) is 14.9 Å². The number of carbonyl (C=O) groups is 1. The quantitative estimate of drug-likeness (QED) is 0.737. The van der Waals surface area contributed by atoms with Crippen molar-refractivity contribution in [3.05, 3.63) is 59.4 Å². The fourth-order valence-electron chi connectivity index (χ4n) is 3.81. The standard InChI is InChI=1S/C21H24FN5O3S/c1-2-10-24-21(28)26-11-9-15-12-17(7-8-19(15)26)31(29,30)27-13-18(25-20(27)23)14-3-5-16(22)6-4-14/h3-8,12,18H,2,9-11,13H2,1H3,(H2,23,25)(H,24,28)/t18-/m1/s1. The molecular formula is C21H24FN5O3S. The van der Waals surface area contributed by atoms with Crippen molar-refractivity contribution in [2.24, 2.45) is 10.7 Å². The molecular weight excluding hydrogens is 421 g/mol. The molecule has 0 unspecified atom stereocenters. The first-order valence-corrected chi connectivity index (χ1v) is 11.5. The summed E-state index contributed by atoms with van der Waals surface area (Å²) in [6, 6.07) is 9.80. The van der Waals surface area contributed by atoms with E-state index >= 15 is 0 Å². The summed E-state index contributed by atoms with van der Waals surface area (Å²) < 4.78 is 40.8. The van der Waals surface area contributed by atoms with E-state index in [1.54, 1.807) is 29.2 Å². The number of amides is 2. The fraction of sp³-hybridized carbons (Fsp3) is 0.333. The summed E-state index contributed by atoms with van der Waals surface area (Å²) >= 11 is 0. The Morgan fingerprint density at radius 3 is 2.71 bits per heavy atom. The zero-order valence-corrected chi connectivity index (χ0v) is 17.9. The van der Waals surface area contributed by atoms with Crippen LogP contribution in [-0.4, -0.2) is 44.3 Å². The number of benzene rings is 2. The van der Waals surface area contributed by atoms with E-state index in [4.69, 9.17) is 5.73 Å². The van der Waals surface area contributed by atoms with Crippen molar-refractivity contribution in [2.75, 3.05) is 24.5 Å². The van der Waals surface area contributed by atoms with Gasteiger partial charge in [-0.1, -0.05) is 19.1 Å². The maximum atomic E-state index is 13.2. The number of carbonyl (C=O) groups excluding carboxylic acids is 1. The third kappa shape index (κ3) is 3.95. The van der Waals surface area contributed by atoms with Gasteiger partial charge in [-0.15, -0.1) is 0 Å². The van der Waals surface area contributed by atoms with Gasteiger partial charge in [0.1, 0.15) is 5.82 Å². The van der Waals surface area contributed by atoms with E-state index < -0.39 is 16.1 Å². The van der Waals surface area contributed by atoms with E-state index in [0.717, 1.165) is 16.3 Å². The van der Waals surface area contributed by atoms with Crippen LogP contribution < -0.4 is 16.0 Å². The van der Waals surface area contributed by atoms with Gasteiger partial charge >= 0.3 is 6.03 Å². The summed E-state index contributed by atoms with van der Waals surface area (Å²) in [5.41, 5.74) is 8.13. The number of aliphatic imine (C=N–C) groups is 1. The fourth-order valence-corrected chi connectivity index (χ4v) is 5.22. The third-order valence-corrected chi connectivity index (χ3v) is 7.21. The Labute approximate surface area is 180 Å². The number of nitrogens with one attached hydrogen (secondary N) is 1. The van der Waals surface area contributed by atoms with E-state index in [9.17, 15) is 17.6 Å². The van der Waals surface area contributed by atoms with Gasteiger partial charge in [0.2, 0.25) is 5.96 Å². The van der Waals surface area contributed by atoms with E-state index in [1.165, 1.54) is 18.2 Å². The van der Waals surface area contributed by atoms with Crippen molar-refractivity contribution in [3.63, 3.8) is 0 Å². The molecule has 2 aromatic rings. The molecule has 31 heavy (non-hydrogen) atoms. The second-order valence-electron chi connectivity index (χ2n) is 7.51. The van der Waals surface area contributed by atoms with Gasteiger partial charge < -0.3 is 11.1 Å². The maximum Gasteiger partial charge on any atom is 0.321 e. The lowest BCUT2D eigenvalue weighted by molar-refractivity contribution is 0.247. The summed E-state index contributed by atoms with van der Waals surface area (Å²) in [4.78, 5) is 18.3. The van der Waals surface area contributed by atoms with Gasteiger partial charge in [0.25, 0.3) is 10.0 Å². The summed E-state index contributed by atoms with van der Waals surface area (Å²) in [7, 11) is -3.93. The van der Waals surface area contributed by atoms with Gasteiger partial charge in [-0.25, -0.2) is 26.9 Å². The second-order valence-corrected chi connectivity index (χ2v) is 9.38. The average molecular weight is 446 g/mol. The Morgan fingerprint density at radius 2 is 2.00 bits per heavy atom. The highest BCUT2D eigenvalue weighted by atomic mass is 32.2. The summed E-state index contributed by atoms with van der Waals surface area (Å²) in [5.74, 6) is -0.478. The number of nitrogens with zero attached hydrogens (tertiary/aromatic N) is 3. The van der Waals surface area contributed by atoms with Crippen LogP contribution in [0.2, 0.25) is 0 Å². The molecule has 0 fully saturated rings. The van der Waals surface area contributed by atoms with Gasteiger partial charge in [-0.05, 0) is 54.3 Å². The van der Waals surface area contributed by atoms with Crippen molar-refractivity contribution >= 4 is 27.7 Å². The predicted molar refractivity (Wildman–Crippen MR) is 116 cm³/mol. The summed E-state index contributed by atoms with van der Waals surface area (Å²) in [5, 5.41) is 2.84. The van der Waals surface area contributed by atoms with Crippen LogP contribution >= 0.6 is 0 Å². The number of nitrogens with two attached hydrogens (primary N) is 1. The second kappa shape index (κ2) is 8.18. The highest BCUT2D eigenvalue weighted by Crippen LogP contribution is 2.33. The van der Waals surface area contributed by atoms with Crippen LogP contribution in [0.15, 0.2) is 52.4 Å². The molecule has 0 aliphatic carbocycles. The molecule has 2 aliphatic heterocycles. The topological polar surface area (TPSA) is 108 Å². The van der Waals surface area contributed by atoms with E-state index in [2.05, 4.69) is 10.3 Å². The Bertz CT molecular complexity index is 1130. The van der Waals surface area contributed by atoms with Crippen LogP contribution in [0, 0.1) is 5.82 Å². The molecule has 0 aromatic heterocycles. The number of hydrogen-bond donors (Lipinski definition) is 2. The van der Waals surface area contributed by atoms with E-state index in [1.807, 2.05) is 6.92 Å². The molecule has 8 nitrogen and oxygen atoms in total. The van der Waals surface area contributed by atoms with E-state index in [-0.39, 0.29) is 29.2 Å². The lowest BCUT2D eigenvalue weighted by atomic mass is 10.1. The zero-order valence-electron chi connectivity index (χ0n) is 17.1. The third-order valence-electron chi connectivity index (χ3n) is 5.44. The zero-order chi connectivity index (χ0) is 22.2. The normalized spacial score (nSPS) is 18.1. The summed E-state index contributed by atoms with van der Waals surface area (Å²) in [6.07, 6.45) is 1.40. The molecule has 0 saturated heterocycles. The molecule has 1 atom stereocenters. The average Bonchev–Trinajstić information content (AvgIpc) is 3.36. The molecule has 2 heterocycles. The molecule has 10 heteroatoms. The molecule has 2 amide bonds. The van der Waals surface area contributed by atoms with E-state index in [0.29, 0.717) is 30.8 Å². The molecule has 2 aromatic carbocycles. The number of rotatable bonds is 5. The molecule has 0 saturated carbocycles. The highest BCUT2D eigenvalue weighted by molar-refractivity contribution is 7.89. The Hall–Kier alpha value is -3.14. The van der Waals surface area contributed by atoms with Crippen LogP contribution in [0.25, 0.3) is 0 Å². The Balaban J connectivity index is 1.55. The summed E-state index contributed by atoms with van der Waals surface area (Å²) in [6.45, 7) is 3.10. The van der Waals surface area contributed by atoms with Crippen LogP contribution in [-0.2, 0) is 16.4 Å². The Morgan fingerprint density at radius 1 is 1.26 bits per heavy atom. The first kappa shape index (κ1) is 21.1. The number of fused-ring (bicyclic) bond motifs is 1. The van der Waals surface area contributed by atoms with Gasteiger partial charge in [-0.2, -0.15) is 0 Å². The minimum Gasteiger partial charge on any atom is -0.369 e. The molecule has 4 rings (SSSR count). The van der Waals surface area contributed by atoms with Crippen LogP contribution in [0.3, 0.4) is 0 Å². The number of urea groups is 1. The minimum atomic E-state index is -3.93. The van der Waals surface area contributed by atoms with Gasteiger partial charge in [0.15, 0.2) is 0 Å². The van der Waals surface area contributed by atoms with Gasteiger partial charge in [0.05, 0.1) is 17.5 Å². The molecule has 3 N–H and O–H groups in total. The van der Waals surface area contributed by atoms with Crippen molar-refractivity contribution in [3.8, 4) is 0 Å². The lowest BCUT2D eigenvalue weighted by Gasteiger charge is -2.20. The molecule has 0 bridgehead atoms. The molecule has 2 aliphatic rings. The molecule has 164 valence electrons. The smallest absolute Gasteiger partial charge is 0.321 e. The minimum absolute atomic E-state index is 0.0441. The molecule has 0 spiro atoms. The monoisotopic (exact) mass is 445 g/mol. The van der Waals surface area contributed by atoms with Gasteiger partial charge in [-0.3, -0.25) is 4.90 Å². The highest BCUT2D eigenvalue weighted by Gasteiger charge is 2.35. The first-order valence-electron chi connectivity index (χ1n) is 10.1. The molecule has 0 radical (unpaired) electrons. The van der Waals surface area contributed by atoms with Crippen molar-refractivity contribution < 1.29 is 17.6 Å². The lowest BCUT2D eigenvalue weighted by Crippen LogP contribution is -2.39. The van der Waals surface area contributed by atoms with Crippen molar-refractivity contribution in [1.29, 1.82) is 0 Å². The number of halogens is 1. The predicted octanol–water partition coefficient (Wildman–Crippen LogP) is 2.37. The van der Waals surface area contributed by atoms with Crippen molar-refractivity contribution in [1.82, 2.24) is 9.62 Å². The number of hydrogen-bond acceptors (Lipinski definition) is 5. The number of guanidine groups is 1. The maximum absolute atomic E-state index is 13.2. The first-order chi connectivity index (χ1) is 14.8.